The van der Waals surface area contributed by atoms with Crippen molar-refractivity contribution in [1.82, 2.24) is 15.5 Å². The quantitative estimate of drug-likeness (QED) is 0.0398. The topological polar surface area (TPSA) is 284 Å². The fourth-order valence-corrected chi connectivity index (χ4v) is 7.26. The third kappa shape index (κ3) is 12.6. The minimum Gasteiger partial charge on any atom is -0.472 e. The molecule has 5 heterocycles. The Labute approximate surface area is 367 Å². The summed E-state index contributed by atoms with van der Waals surface area (Å²) in [5.41, 5.74) is 1.61. The summed E-state index contributed by atoms with van der Waals surface area (Å²) < 4.78 is 52.0. The van der Waals surface area contributed by atoms with Crippen LogP contribution in [0.1, 0.15) is 58.0 Å². The smallest absolute Gasteiger partial charge is 0.414 e. The molecule has 0 aliphatic carbocycles. The molecule has 0 spiro atoms. The zero-order valence-electron chi connectivity index (χ0n) is 34.8. The van der Waals surface area contributed by atoms with E-state index in [0.29, 0.717) is 79.3 Å². The molecule has 0 radical (unpaired) electrons. The Kier molecular flexibility index (Phi) is 15.0. The number of piperidine rings is 1. The number of ether oxygens (including phenoxy) is 3. The largest absolute Gasteiger partial charge is 0.472 e. The number of likely N-dealkylation sites (tertiary alicyclic amines) is 1. The molecule has 3 aliphatic heterocycles. The summed E-state index contributed by atoms with van der Waals surface area (Å²) in [4.78, 5) is 65.3. The van der Waals surface area contributed by atoms with Crippen LogP contribution in [-0.4, -0.2) is 130 Å². The zero-order valence-corrected chi connectivity index (χ0v) is 35.6. The van der Waals surface area contributed by atoms with E-state index in [1.807, 2.05) is 0 Å². The Morgan fingerprint density at radius 1 is 0.766 bits per heavy atom. The molecular formula is C42H47N7O14S. The number of hydrogen-bond acceptors (Lipinski definition) is 17. The number of hydrogen-bond donors (Lipinski definition) is 5. The summed E-state index contributed by atoms with van der Waals surface area (Å²) in [6.07, 6.45) is 4.98. The van der Waals surface area contributed by atoms with E-state index < -0.39 is 51.8 Å². The highest BCUT2D eigenvalue weighted by Gasteiger charge is 2.38. The van der Waals surface area contributed by atoms with E-state index in [-0.39, 0.29) is 37.3 Å². The van der Waals surface area contributed by atoms with Crippen LogP contribution in [0.15, 0.2) is 94.6 Å². The van der Waals surface area contributed by atoms with Gasteiger partial charge in [-0.15, -0.1) is 0 Å². The molecule has 3 saturated heterocycles. The SMILES string of the molecule is CCOC(=O)CC1(O)CCN(CC2CN(c3ccc(C(=N)NC(=O)c4ccoc4)cc3)C(=O)O2)CC1.CS(=O)(=O)OCC1CN(c2ccc(C(=N)NC(=O)c3ccoc3)cc2)C(=O)O1. The molecule has 7 rings (SSSR count). The van der Waals surface area contributed by atoms with Crippen molar-refractivity contribution in [3.05, 3.63) is 108 Å². The van der Waals surface area contributed by atoms with Crippen molar-refractivity contribution < 1.29 is 64.7 Å². The number of furan rings is 2. The highest BCUT2D eigenvalue weighted by atomic mass is 32.2. The number of carbonyl (C=O) groups is 5. The summed E-state index contributed by atoms with van der Waals surface area (Å²) in [6.45, 7) is 3.97. The second-order valence-corrected chi connectivity index (χ2v) is 16.6. The molecular weight excluding hydrogens is 859 g/mol. The lowest BCUT2D eigenvalue weighted by Gasteiger charge is -2.38. The van der Waals surface area contributed by atoms with Gasteiger partial charge in [-0.25, -0.2) is 9.59 Å². The first kappa shape index (κ1) is 46.6. The second-order valence-electron chi connectivity index (χ2n) is 15.0. The number of nitrogens with zero attached hydrogens (tertiary/aromatic N) is 3. The van der Waals surface area contributed by atoms with Crippen LogP contribution >= 0.6 is 0 Å². The van der Waals surface area contributed by atoms with E-state index >= 15 is 0 Å². The molecule has 3 fully saturated rings. The monoisotopic (exact) mass is 905 g/mol. The van der Waals surface area contributed by atoms with Gasteiger partial charge in [-0.05, 0) is 80.4 Å². The first-order valence-electron chi connectivity index (χ1n) is 20.0. The molecule has 5 N–H and O–H groups in total. The van der Waals surface area contributed by atoms with Crippen molar-refractivity contribution in [2.45, 2.75) is 44.0 Å². The van der Waals surface area contributed by atoms with Gasteiger partial charge in [0.2, 0.25) is 0 Å². The second kappa shape index (κ2) is 20.5. The molecule has 4 aromatic rings. The third-order valence-electron chi connectivity index (χ3n) is 10.2. The number of cyclic esters (lactones) is 2. The highest BCUT2D eigenvalue weighted by Crippen LogP contribution is 2.28. The van der Waals surface area contributed by atoms with Gasteiger partial charge in [0.15, 0.2) is 0 Å². The number of anilines is 2. The maximum Gasteiger partial charge on any atom is 0.414 e. The van der Waals surface area contributed by atoms with Crippen LogP contribution < -0.4 is 20.4 Å². The first-order chi connectivity index (χ1) is 30.5. The maximum absolute atomic E-state index is 12.5. The van der Waals surface area contributed by atoms with Crippen molar-refractivity contribution in [1.29, 1.82) is 10.8 Å². The lowest BCUT2D eigenvalue weighted by Crippen LogP contribution is -2.48. The lowest BCUT2D eigenvalue weighted by atomic mass is 9.88. The van der Waals surface area contributed by atoms with Crippen molar-refractivity contribution in [2.75, 3.05) is 62.0 Å². The lowest BCUT2D eigenvalue weighted by molar-refractivity contribution is -0.150. The average molecular weight is 906 g/mol. The van der Waals surface area contributed by atoms with Crippen LogP contribution in [0.25, 0.3) is 0 Å². The first-order valence-corrected chi connectivity index (χ1v) is 21.8. The van der Waals surface area contributed by atoms with Crippen LogP contribution in [0.4, 0.5) is 21.0 Å². The molecule has 0 saturated carbocycles. The number of nitrogens with one attached hydrogen (secondary N) is 4. The zero-order chi connectivity index (χ0) is 46.0. The summed E-state index contributed by atoms with van der Waals surface area (Å²) in [5.74, 6) is -1.49. The number of carbonyl (C=O) groups excluding carboxylic acids is 5. The molecule has 4 amide bonds. The summed E-state index contributed by atoms with van der Waals surface area (Å²) in [7, 11) is -3.63. The minimum atomic E-state index is -3.63. The minimum absolute atomic E-state index is 0.0126. The van der Waals surface area contributed by atoms with Crippen molar-refractivity contribution in [2.24, 2.45) is 0 Å². The van der Waals surface area contributed by atoms with Gasteiger partial charge in [-0.2, -0.15) is 8.42 Å². The Morgan fingerprint density at radius 2 is 1.23 bits per heavy atom. The van der Waals surface area contributed by atoms with Crippen LogP contribution in [-0.2, 0) is 33.3 Å². The van der Waals surface area contributed by atoms with E-state index in [4.69, 9.17) is 33.9 Å². The Hall–Kier alpha value is -6.88. The average Bonchev–Trinajstić information content (AvgIpc) is 4.10. The third-order valence-corrected chi connectivity index (χ3v) is 10.8. The van der Waals surface area contributed by atoms with Gasteiger partial charge >= 0.3 is 18.2 Å². The summed E-state index contributed by atoms with van der Waals surface area (Å²) in [5, 5.41) is 31.7. The molecule has 3 aliphatic rings. The number of aliphatic hydroxyl groups is 1. The van der Waals surface area contributed by atoms with Crippen molar-refractivity contribution in [3.8, 4) is 0 Å². The van der Waals surface area contributed by atoms with Crippen molar-refractivity contribution in [3.63, 3.8) is 0 Å². The Balaban J connectivity index is 0.000000219. The Morgan fingerprint density at radius 3 is 1.67 bits per heavy atom. The summed E-state index contributed by atoms with van der Waals surface area (Å²) >= 11 is 0. The molecule has 21 nitrogen and oxygen atoms in total. The molecule has 0 bridgehead atoms. The highest BCUT2D eigenvalue weighted by molar-refractivity contribution is 7.86. The Bertz CT molecular complexity index is 2420. The van der Waals surface area contributed by atoms with Gasteiger partial charge in [0.25, 0.3) is 21.9 Å². The van der Waals surface area contributed by atoms with Crippen LogP contribution in [0, 0.1) is 10.8 Å². The van der Waals surface area contributed by atoms with Gasteiger partial charge in [-0.1, -0.05) is 0 Å². The molecule has 2 aromatic carbocycles. The predicted molar refractivity (Wildman–Crippen MR) is 227 cm³/mol. The van der Waals surface area contributed by atoms with Gasteiger partial charge in [0, 0.05) is 42.1 Å². The maximum atomic E-state index is 12.5. The van der Waals surface area contributed by atoms with E-state index in [0.717, 1.165) is 6.26 Å². The standard InChI is InChI=1S/C25H30N4O7.C17H17N3O7S/c1-2-35-21(30)13-25(33)8-10-28(11-9-25)14-20-15-29(24(32)36-20)19-5-3-17(4-6-19)22(26)27-23(31)18-7-12-34-16-18;1-28(23,24)26-10-14-8-20(17(22)27-14)13-4-2-11(3-5-13)15(18)19-16(21)12-6-7-25-9-12/h3-7,12,16,20,33H,2,8-11,13-15H2,1H3,(H2,26,27,31);2-7,9,14H,8,10H2,1H3,(H2,18,19,21). The number of benzene rings is 2. The van der Waals surface area contributed by atoms with Gasteiger partial charge in [0.05, 0.1) is 61.6 Å². The molecule has 22 heteroatoms. The number of amides is 4. The van der Waals surface area contributed by atoms with Gasteiger partial charge in [0.1, 0.15) is 43.0 Å². The van der Waals surface area contributed by atoms with Crippen molar-refractivity contribution >= 4 is 63.1 Å². The van der Waals surface area contributed by atoms with E-state index in [1.54, 1.807) is 55.5 Å². The fourth-order valence-electron chi connectivity index (χ4n) is 6.86. The molecule has 64 heavy (non-hydrogen) atoms. The van der Waals surface area contributed by atoms with E-state index in [9.17, 15) is 37.5 Å². The van der Waals surface area contributed by atoms with Crippen LogP contribution in [0.3, 0.4) is 0 Å². The van der Waals surface area contributed by atoms with Gasteiger partial charge in [-0.3, -0.25) is 44.1 Å². The fraction of sp³-hybridized carbons (Fsp3) is 0.357. The van der Waals surface area contributed by atoms with Crippen LogP contribution in [0.2, 0.25) is 0 Å². The predicted octanol–water partition coefficient (Wildman–Crippen LogP) is 3.48. The molecule has 340 valence electrons. The molecule has 2 atom stereocenters. The van der Waals surface area contributed by atoms with E-state index in [2.05, 4.69) is 19.7 Å². The van der Waals surface area contributed by atoms with Crippen LogP contribution in [0.5, 0.6) is 0 Å². The van der Waals surface area contributed by atoms with Gasteiger partial charge < -0.3 is 38.8 Å². The summed E-state index contributed by atoms with van der Waals surface area (Å²) in [6, 6.07) is 16.0. The van der Waals surface area contributed by atoms with E-state index in [1.165, 1.54) is 47.0 Å². The normalized spacial score (nSPS) is 18.3. The molecule has 2 aromatic heterocycles. The molecule has 2 unspecified atom stereocenters. The number of rotatable bonds is 14. The number of amidine groups is 2. The number of esters is 1.